The van der Waals surface area contributed by atoms with E-state index in [0.717, 1.165) is 0 Å². The molecule has 0 saturated heterocycles. The molecular weight excluding hydrogens is 327 g/mol. The number of ether oxygens (including phenoxy) is 1. The second-order valence-electron chi connectivity index (χ2n) is 5.40. The SMILES string of the molecule is CC1(S(=O)(=O)c2ccc(Cl)cc2)CCOc2cccc(F)c21. The summed E-state index contributed by atoms with van der Waals surface area (Å²) in [5, 5.41) is 0.447. The summed E-state index contributed by atoms with van der Waals surface area (Å²) in [6.45, 7) is 1.77. The van der Waals surface area contributed by atoms with Crippen molar-refractivity contribution < 1.29 is 17.5 Å². The van der Waals surface area contributed by atoms with Crippen LogP contribution < -0.4 is 4.74 Å². The van der Waals surface area contributed by atoms with Crippen LogP contribution in [0.2, 0.25) is 5.02 Å². The van der Waals surface area contributed by atoms with Gasteiger partial charge in [0.15, 0.2) is 9.84 Å². The fourth-order valence-corrected chi connectivity index (χ4v) is 4.72. The van der Waals surface area contributed by atoms with Gasteiger partial charge in [0.05, 0.1) is 17.1 Å². The van der Waals surface area contributed by atoms with E-state index in [1.165, 1.54) is 36.4 Å². The molecule has 1 unspecified atom stereocenters. The monoisotopic (exact) mass is 340 g/mol. The van der Waals surface area contributed by atoms with Gasteiger partial charge in [0.1, 0.15) is 16.3 Å². The average Bonchev–Trinajstić information content (AvgIpc) is 2.48. The van der Waals surface area contributed by atoms with Crippen LogP contribution >= 0.6 is 11.6 Å². The topological polar surface area (TPSA) is 43.4 Å². The second kappa shape index (κ2) is 5.25. The quantitative estimate of drug-likeness (QED) is 0.831. The van der Waals surface area contributed by atoms with E-state index >= 15 is 0 Å². The molecule has 0 N–H and O–H groups in total. The summed E-state index contributed by atoms with van der Waals surface area (Å²) in [6, 6.07) is 10.3. The fourth-order valence-electron chi connectivity index (χ4n) is 2.76. The molecule has 6 heteroatoms. The highest BCUT2D eigenvalue weighted by molar-refractivity contribution is 7.92. The lowest BCUT2D eigenvalue weighted by molar-refractivity contribution is 0.251. The molecule has 2 aromatic rings. The average molecular weight is 341 g/mol. The Hall–Kier alpha value is -1.59. The molecule has 3 rings (SSSR count). The maximum absolute atomic E-state index is 14.3. The number of halogens is 2. The standard InChI is InChI=1S/C16H14ClFO3S/c1-16(22(19,20)12-7-5-11(17)6-8-12)9-10-21-14-4-2-3-13(18)15(14)16/h2-8H,9-10H2,1H3. The van der Waals surface area contributed by atoms with Crippen LogP contribution in [0.5, 0.6) is 5.75 Å². The summed E-state index contributed by atoms with van der Waals surface area (Å²) in [4.78, 5) is 0.121. The Bertz CT molecular complexity index is 818. The molecule has 22 heavy (non-hydrogen) atoms. The van der Waals surface area contributed by atoms with Crippen molar-refractivity contribution in [1.82, 2.24) is 0 Å². The smallest absolute Gasteiger partial charge is 0.188 e. The zero-order valence-electron chi connectivity index (χ0n) is 11.8. The molecule has 1 aliphatic heterocycles. The van der Waals surface area contributed by atoms with Gasteiger partial charge in [-0.25, -0.2) is 12.8 Å². The van der Waals surface area contributed by atoms with Crippen LogP contribution in [0.3, 0.4) is 0 Å². The van der Waals surface area contributed by atoms with Gasteiger partial charge in [0.25, 0.3) is 0 Å². The first kappa shape index (κ1) is 15.3. The third-order valence-corrected chi connectivity index (χ3v) is 6.80. The van der Waals surface area contributed by atoms with Gasteiger partial charge in [-0.15, -0.1) is 0 Å². The number of benzene rings is 2. The van der Waals surface area contributed by atoms with Gasteiger partial charge in [0, 0.05) is 11.4 Å². The van der Waals surface area contributed by atoms with Crippen molar-refractivity contribution in [1.29, 1.82) is 0 Å². The molecule has 0 bridgehead atoms. The largest absolute Gasteiger partial charge is 0.493 e. The van der Waals surface area contributed by atoms with E-state index in [1.54, 1.807) is 13.0 Å². The summed E-state index contributed by atoms with van der Waals surface area (Å²) in [5.74, 6) is -0.288. The lowest BCUT2D eigenvalue weighted by Crippen LogP contribution is -2.38. The van der Waals surface area contributed by atoms with Crippen LogP contribution in [0.25, 0.3) is 0 Å². The molecular formula is C16H14ClFO3S. The summed E-state index contributed by atoms with van der Waals surface area (Å²) in [7, 11) is -3.79. The van der Waals surface area contributed by atoms with E-state index in [-0.39, 0.29) is 29.2 Å². The molecule has 2 aromatic carbocycles. The lowest BCUT2D eigenvalue weighted by atomic mass is 9.93. The Morgan fingerprint density at radius 2 is 1.86 bits per heavy atom. The minimum atomic E-state index is -3.79. The van der Waals surface area contributed by atoms with Gasteiger partial charge in [0.2, 0.25) is 0 Å². The molecule has 0 aliphatic carbocycles. The van der Waals surface area contributed by atoms with Crippen molar-refractivity contribution in [2.75, 3.05) is 6.61 Å². The van der Waals surface area contributed by atoms with Crippen molar-refractivity contribution in [3.63, 3.8) is 0 Å². The maximum atomic E-state index is 14.3. The van der Waals surface area contributed by atoms with Crippen LogP contribution in [-0.2, 0) is 14.6 Å². The minimum Gasteiger partial charge on any atom is -0.493 e. The molecule has 0 radical (unpaired) electrons. The first-order chi connectivity index (χ1) is 10.4. The number of hydrogen-bond donors (Lipinski definition) is 0. The van der Waals surface area contributed by atoms with Gasteiger partial charge in [-0.05, 0) is 43.3 Å². The highest BCUT2D eigenvalue weighted by atomic mass is 35.5. The van der Waals surface area contributed by atoms with E-state index in [1.807, 2.05) is 0 Å². The van der Waals surface area contributed by atoms with Gasteiger partial charge in [-0.1, -0.05) is 17.7 Å². The molecule has 0 saturated carbocycles. The Balaban J connectivity index is 2.22. The molecule has 1 aliphatic rings. The zero-order chi connectivity index (χ0) is 16.0. The third-order valence-electron chi connectivity index (χ3n) is 4.06. The van der Waals surface area contributed by atoms with E-state index in [4.69, 9.17) is 16.3 Å². The molecule has 0 spiro atoms. The predicted molar refractivity (Wildman–Crippen MR) is 82.5 cm³/mol. The van der Waals surface area contributed by atoms with Gasteiger partial charge < -0.3 is 4.74 Å². The van der Waals surface area contributed by atoms with Crippen molar-refractivity contribution >= 4 is 21.4 Å². The Morgan fingerprint density at radius 3 is 2.55 bits per heavy atom. The molecule has 1 atom stereocenters. The Kier molecular flexibility index (Phi) is 3.65. The van der Waals surface area contributed by atoms with Gasteiger partial charge >= 0.3 is 0 Å². The fraction of sp³-hybridized carbons (Fsp3) is 0.250. The highest BCUT2D eigenvalue weighted by Crippen LogP contribution is 2.46. The van der Waals surface area contributed by atoms with E-state index in [0.29, 0.717) is 5.02 Å². The second-order valence-corrected chi connectivity index (χ2v) is 8.22. The Morgan fingerprint density at radius 1 is 1.18 bits per heavy atom. The zero-order valence-corrected chi connectivity index (χ0v) is 13.4. The summed E-state index contributed by atoms with van der Waals surface area (Å²) in [6.07, 6.45) is 0.186. The number of hydrogen-bond acceptors (Lipinski definition) is 3. The normalized spacial score (nSPS) is 21.0. The maximum Gasteiger partial charge on any atom is 0.188 e. The van der Waals surface area contributed by atoms with Crippen molar-refractivity contribution in [3.8, 4) is 5.75 Å². The summed E-state index contributed by atoms with van der Waals surface area (Å²) >= 11 is 5.81. The minimum absolute atomic E-state index is 0.0937. The Labute approximate surface area is 133 Å². The van der Waals surface area contributed by atoms with Crippen LogP contribution in [0, 0.1) is 5.82 Å². The van der Waals surface area contributed by atoms with Crippen molar-refractivity contribution in [2.45, 2.75) is 23.0 Å². The molecule has 0 amide bonds. The summed E-state index contributed by atoms with van der Waals surface area (Å²) < 4.78 is 44.5. The molecule has 116 valence electrons. The van der Waals surface area contributed by atoms with Crippen LogP contribution in [0.15, 0.2) is 47.4 Å². The number of fused-ring (bicyclic) bond motifs is 1. The molecule has 3 nitrogen and oxygen atoms in total. The van der Waals surface area contributed by atoms with E-state index < -0.39 is 20.4 Å². The van der Waals surface area contributed by atoms with Crippen LogP contribution in [0.4, 0.5) is 4.39 Å². The number of sulfone groups is 1. The molecule has 0 fully saturated rings. The van der Waals surface area contributed by atoms with E-state index in [9.17, 15) is 12.8 Å². The van der Waals surface area contributed by atoms with E-state index in [2.05, 4.69) is 0 Å². The first-order valence-electron chi connectivity index (χ1n) is 6.78. The number of rotatable bonds is 2. The first-order valence-corrected chi connectivity index (χ1v) is 8.64. The molecule has 0 aromatic heterocycles. The predicted octanol–water partition coefficient (Wildman–Crippen LogP) is 3.95. The third kappa shape index (κ3) is 2.20. The van der Waals surface area contributed by atoms with Crippen LogP contribution in [0.1, 0.15) is 18.9 Å². The van der Waals surface area contributed by atoms with Crippen molar-refractivity contribution in [3.05, 3.63) is 58.9 Å². The van der Waals surface area contributed by atoms with Crippen molar-refractivity contribution in [2.24, 2.45) is 0 Å². The van der Waals surface area contributed by atoms with Gasteiger partial charge in [-0.2, -0.15) is 0 Å². The highest BCUT2D eigenvalue weighted by Gasteiger charge is 2.47. The van der Waals surface area contributed by atoms with Gasteiger partial charge in [-0.3, -0.25) is 0 Å². The lowest BCUT2D eigenvalue weighted by Gasteiger charge is -2.35. The summed E-state index contributed by atoms with van der Waals surface area (Å²) in [5.41, 5.74) is 0.0937. The molecule has 1 heterocycles. The van der Waals surface area contributed by atoms with Crippen LogP contribution in [-0.4, -0.2) is 15.0 Å².